The molecular formula is C15H14O2S. The second kappa shape index (κ2) is 6.26. The van der Waals surface area contributed by atoms with Gasteiger partial charge >= 0.3 is 5.97 Å². The highest BCUT2D eigenvalue weighted by molar-refractivity contribution is 7.98. The molecule has 0 heterocycles. The fourth-order valence-corrected chi connectivity index (χ4v) is 1.94. The molecule has 0 aliphatic heterocycles. The van der Waals surface area contributed by atoms with Crippen molar-refractivity contribution in [2.45, 2.75) is 11.5 Å². The van der Waals surface area contributed by atoms with Crippen molar-refractivity contribution in [3.63, 3.8) is 0 Å². The van der Waals surface area contributed by atoms with Crippen LogP contribution in [0.4, 0.5) is 0 Å². The molecule has 0 radical (unpaired) electrons. The van der Waals surface area contributed by atoms with E-state index in [-0.39, 0.29) is 5.97 Å². The van der Waals surface area contributed by atoms with Crippen molar-refractivity contribution in [1.82, 2.24) is 0 Å². The topological polar surface area (TPSA) is 26.3 Å². The average molecular weight is 258 g/mol. The third-order valence-electron chi connectivity index (χ3n) is 2.54. The molecule has 0 atom stereocenters. The maximum Gasteiger partial charge on any atom is 0.338 e. The van der Waals surface area contributed by atoms with Gasteiger partial charge in [0.2, 0.25) is 0 Å². The molecule has 0 fully saturated rings. The van der Waals surface area contributed by atoms with Gasteiger partial charge in [0.15, 0.2) is 0 Å². The van der Waals surface area contributed by atoms with Gasteiger partial charge in [-0.05, 0) is 36.1 Å². The Hall–Kier alpha value is -1.74. The van der Waals surface area contributed by atoms with Gasteiger partial charge in [-0.15, -0.1) is 11.8 Å². The molecule has 0 spiro atoms. The van der Waals surface area contributed by atoms with Crippen LogP contribution in [0.5, 0.6) is 0 Å². The fraction of sp³-hybridized carbons (Fsp3) is 0.133. The average Bonchev–Trinajstić information content (AvgIpc) is 2.46. The summed E-state index contributed by atoms with van der Waals surface area (Å²) in [5, 5.41) is 0. The second-order valence-corrected chi connectivity index (χ2v) is 4.67. The molecule has 2 aromatic carbocycles. The van der Waals surface area contributed by atoms with Gasteiger partial charge < -0.3 is 4.74 Å². The molecule has 0 bridgehead atoms. The summed E-state index contributed by atoms with van der Waals surface area (Å²) in [7, 11) is 0. The number of rotatable bonds is 4. The Kier molecular flexibility index (Phi) is 4.42. The Morgan fingerprint density at radius 1 is 1.06 bits per heavy atom. The molecule has 18 heavy (non-hydrogen) atoms. The van der Waals surface area contributed by atoms with E-state index in [1.807, 2.05) is 48.7 Å². The lowest BCUT2D eigenvalue weighted by Crippen LogP contribution is -2.04. The van der Waals surface area contributed by atoms with Crippen molar-refractivity contribution >= 4 is 17.7 Å². The first-order chi connectivity index (χ1) is 8.79. The zero-order valence-electron chi connectivity index (χ0n) is 10.1. The summed E-state index contributed by atoms with van der Waals surface area (Å²) in [5.41, 5.74) is 1.58. The normalized spacial score (nSPS) is 10.1. The van der Waals surface area contributed by atoms with Crippen LogP contribution in [0.15, 0.2) is 59.5 Å². The van der Waals surface area contributed by atoms with Crippen LogP contribution in [0.25, 0.3) is 0 Å². The highest BCUT2D eigenvalue weighted by Gasteiger charge is 2.06. The van der Waals surface area contributed by atoms with Gasteiger partial charge in [-0.2, -0.15) is 0 Å². The van der Waals surface area contributed by atoms with Gasteiger partial charge in [-0.1, -0.05) is 30.3 Å². The number of hydrogen-bond acceptors (Lipinski definition) is 3. The fourth-order valence-electron chi connectivity index (χ4n) is 1.53. The SMILES string of the molecule is CSc1ccc(C(=O)OCc2ccccc2)cc1. The lowest BCUT2D eigenvalue weighted by atomic mass is 10.2. The molecule has 3 heteroatoms. The van der Waals surface area contributed by atoms with Crippen LogP contribution in [0.1, 0.15) is 15.9 Å². The molecule has 0 aliphatic carbocycles. The van der Waals surface area contributed by atoms with E-state index in [4.69, 9.17) is 4.74 Å². The lowest BCUT2D eigenvalue weighted by molar-refractivity contribution is 0.0472. The Bertz CT molecular complexity index is 506. The number of carbonyl (C=O) groups excluding carboxylic acids is 1. The Balaban J connectivity index is 1.95. The lowest BCUT2D eigenvalue weighted by Gasteiger charge is -2.05. The van der Waals surface area contributed by atoms with Crippen LogP contribution < -0.4 is 0 Å². The molecule has 92 valence electrons. The molecule has 0 amide bonds. The van der Waals surface area contributed by atoms with Crippen molar-refractivity contribution in [1.29, 1.82) is 0 Å². The van der Waals surface area contributed by atoms with Crippen molar-refractivity contribution in [3.05, 3.63) is 65.7 Å². The van der Waals surface area contributed by atoms with Crippen LogP contribution in [-0.2, 0) is 11.3 Å². The molecule has 2 aromatic rings. The highest BCUT2D eigenvalue weighted by atomic mass is 32.2. The molecule has 0 aromatic heterocycles. The summed E-state index contributed by atoms with van der Waals surface area (Å²) in [5.74, 6) is -0.286. The summed E-state index contributed by atoms with van der Waals surface area (Å²) in [6.45, 7) is 0.309. The first-order valence-corrected chi connectivity index (χ1v) is 6.87. The Labute approximate surface area is 111 Å². The minimum absolute atomic E-state index is 0.286. The first-order valence-electron chi connectivity index (χ1n) is 5.64. The molecule has 0 saturated carbocycles. The largest absolute Gasteiger partial charge is 0.457 e. The molecule has 0 N–H and O–H groups in total. The summed E-state index contributed by atoms with van der Waals surface area (Å²) < 4.78 is 5.24. The molecule has 2 rings (SSSR count). The van der Waals surface area contributed by atoms with E-state index in [9.17, 15) is 4.79 Å². The number of esters is 1. The third kappa shape index (κ3) is 3.37. The quantitative estimate of drug-likeness (QED) is 0.617. The van der Waals surface area contributed by atoms with Crippen molar-refractivity contribution < 1.29 is 9.53 Å². The van der Waals surface area contributed by atoms with Crippen molar-refractivity contribution in [2.75, 3.05) is 6.26 Å². The van der Waals surface area contributed by atoms with E-state index in [0.717, 1.165) is 10.5 Å². The standard InChI is InChI=1S/C15H14O2S/c1-18-14-9-7-13(8-10-14)15(16)17-11-12-5-3-2-4-6-12/h2-10H,11H2,1H3. The zero-order chi connectivity index (χ0) is 12.8. The molecule has 2 nitrogen and oxygen atoms in total. The van der Waals surface area contributed by atoms with Gasteiger partial charge in [0.05, 0.1) is 5.56 Å². The van der Waals surface area contributed by atoms with E-state index in [0.29, 0.717) is 12.2 Å². The first kappa shape index (κ1) is 12.7. The van der Waals surface area contributed by atoms with Crippen LogP contribution >= 0.6 is 11.8 Å². The maximum atomic E-state index is 11.8. The Morgan fingerprint density at radius 2 is 1.72 bits per heavy atom. The summed E-state index contributed by atoms with van der Waals surface area (Å²) in [6, 6.07) is 17.1. The predicted octanol–water partition coefficient (Wildman–Crippen LogP) is 3.77. The van der Waals surface area contributed by atoms with Crippen LogP contribution in [0, 0.1) is 0 Å². The maximum absolute atomic E-state index is 11.8. The number of hydrogen-bond donors (Lipinski definition) is 0. The zero-order valence-corrected chi connectivity index (χ0v) is 10.9. The third-order valence-corrected chi connectivity index (χ3v) is 3.28. The molecular weight excluding hydrogens is 244 g/mol. The van der Waals surface area contributed by atoms with Crippen LogP contribution in [0.3, 0.4) is 0 Å². The van der Waals surface area contributed by atoms with Gasteiger partial charge in [0.1, 0.15) is 6.61 Å². The van der Waals surface area contributed by atoms with Gasteiger partial charge in [-0.25, -0.2) is 4.79 Å². The number of carbonyl (C=O) groups is 1. The van der Waals surface area contributed by atoms with Gasteiger partial charge in [0.25, 0.3) is 0 Å². The minimum Gasteiger partial charge on any atom is -0.457 e. The number of ether oxygens (including phenoxy) is 1. The van der Waals surface area contributed by atoms with Crippen LogP contribution in [0.2, 0.25) is 0 Å². The van der Waals surface area contributed by atoms with E-state index in [1.54, 1.807) is 23.9 Å². The van der Waals surface area contributed by atoms with Gasteiger partial charge in [-0.3, -0.25) is 0 Å². The van der Waals surface area contributed by atoms with Crippen molar-refractivity contribution in [3.8, 4) is 0 Å². The number of thioether (sulfide) groups is 1. The summed E-state index contributed by atoms with van der Waals surface area (Å²) >= 11 is 1.65. The van der Waals surface area contributed by atoms with Gasteiger partial charge in [0, 0.05) is 4.90 Å². The highest BCUT2D eigenvalue weighted by Crippen LogP contribution is 2.15. The van der Waals surface area contributed by atoms with E-state index in [2.05, 4.69) is 0 Å². The van der Waals surface area contributed by atoms with E-state index >= 15 is 0 Å². The van der Waals surface area contributed by atoms with E-state index in [1.165, 1.54) is 0 Å². The second-order valence-electron chi connectivity index (χ2n) is 3.79. The summed E-state index contributed by atoms with van der Waals surface area (Å²) in [6.07, 6.45) is 2.00. The van der Waals surface area contributed by atoms with Crippen LogP contribution in [-0.4, -0.2) is 12.2 Å². The smallest absolute Gasteiger partial charge is 0.338 e. The number of benzene rings is 2. The molecule has 0 saturated heterocycles. The van der Waals surface area contributed by atoms with Crippen molar-refractivity contribution in [2.24, 2.45) is 0 Å². The monoisotopic (exact) mass is 258 g/mol. The van der Waals surface area contributed by atoms with E-state index < -0.39 is 0 Å². The molecule has 0 unspecified atom stereocenters. The predicted molar refractivity (Wildman–Crippen MR) is 73.8 cm³/mol. The minimum atomic E-state index is -0.286. The Morgan fingerprint density at radius 3 is 2.33 bits per heavy atom. The molecule has 0 aliphatic rings. The summed E-state index contributed by atoms with van der Waals surface area (Å²) in [4.78, 5) is 12.9.